The van der Waals surface area contributed by atoms with E-state index in [-0.39, 0.29) is 12.4 Å². The maximum Gasteiger partial charge on any atom is 0.336 e. The predicted molar refractivity (Wildman–Crippen MR) is 111 cm³/mol. The molecule has 0 saturated carbocycles. The van der Waals surface area contributed by atoms with Gasteiger partial charge in [-0.2, -0.15) is 0 Å². The number of esters is 1. The number of nitrogens with one attached hydrogen (secondary N) is 1. The van der Waals surface area contributed by atoms with E-state index in [0.29, 0.717) is 24.2 Å². The summed E-state index contributed by atoms with van der Waals surface area (Å²) in [4.78, 5) is 26.1. The number of allylic oxidation sites excluding steroid dienone is 3. The summed E-state index contributed by atoms with van der Waals surface area (Å²) < 4.78 is 10.5. The van der Waals surface area contributed by atoms with E-state index in [4.69, 9.17) is 9.47 Å². The first-order chi connectivity index (χ1) is 14.1. The molecular formula is C24H25NO4. The van der Waals surface area contributed by atoms with Crippen molar-refractivity contribution in [2.24, 2.45) is 0 Å². The van der Waals surface area contributed by atoms with Crippen LogP contribution in [0.2, 0.25) is 0 Å². The maximum atomic E-state index is 13.1. The van der Waals surface area contributed by atoms with E-state index in [9.17, 15) is 9.59 Å². The van der Waals surface area contributed by atoms with Crippen molar-refractivity contribution in [2.75, 3.05) is 20.3 Å². The zero-order valence-electron chi connectivity index (χ0n) is 16.8. The second kappa shape index (κ2) is 8.21. The van der Waals surface area contributed by atoms with Gasteiger partial charge in [-0.1, -0.05) is 42.5 Å². The van der Waals surface area contributed by atoms with Crippen LogP contribution >= 0.6 is 0 Å². The van der Waals surface area contributed by atoms with Crippen LogP contribution in [0.25, 0.3) is 10.8 Å². The van der Waals surface area contributed by atoms with E-state index in [1.165, 1.54) is 0 Å². The summed E-state index contributed by atoms with van der Waals surface area (Å²) in [6, 6.07) is 14.1. The van der Waals surface area contributed by atoms with Crippen molar-refractivity contribution in [3.05, 3.63) is 70.6 Å². The zero-order chi connectivity index (χ0) is 20.4. The fraction of sp³-hybridized carbons (Fsp3) is 0.333. The summed E-state index contributed by atoms with van der Waals surface area (Å²) in [7, 11) is 1.57. The Bertz CT molecular complexity index is 1030. The van der Waals surface area contributed by atoms with Crippen molar-refractivity contribution in [3.8, 4) is 0 Å². The van der Waals surface area contributed by atoms with E-state index in [0.717, 1.165) is 40.6 Å². The Morgan fingerprint density at radius 2 is 1.90 bits per heavy atom. The largest absolute Gasteiger partial charge is 0.460 e. The predicted octanol–water partition coefficient (Wildman–Crippen LogP) is 4.00. The van der Waals surface area contributed by atoms with Gasteiger partial charge in [0.2, 0.25) is 0 Å². The molecule has 1 aliphatic carbocycles. The van der Waals surface area contributed by atoms with Crippen LogP contribution in [0.1, 0.15) is 37.7 Å². The minimum Gasteiger partial charge on any atom is -0.460 e. The molecule has 5 nitrogen and oxygen atoms in total. The molecular weight excluding hydrogens is 366 g/mol. The van der Waals surface area contributed by atoms with Gasteiger partial charge in [0.25, 0.3) is 0 Å². The fourth-order valence-corrected chi connectivity index (χ4v) is 4.36. The lowest BCUT2D eigenvalue weighted by atomic mass is 9.74. The van der Waals surface area contributed by atoms with E-state index in [1.54, 1.807) is 7.11 Å². The van der Waals surface area contributed by atoms with Crippen molar-refractivity contribution < 1.29 is 19.1 Å². The first kappa shape index (κ1) is 19.4. The van der Waals surface area contributed by atoms with Gasteiger partial charge >= 0.3 is 5.97 Å². The number of ether oxygens (including phenoxy) is 2. The Labute approximate surface area is 170 Å². The summed E-state index contributed by atoms with van der Waals surface area (Å²) in [5.41, 5.74) is 3.86. The van der Waals surface area contributed by atoms with Crippen LogP contribution in [0.4, 0.5) is 0 Å². The highest BCUT2D eigenvalue weighted by molar-refractivity contribution is 6.05. The Hall–Kier alpha value is -2.92. The molecule has 1 atom stereocenters. The number of methoxy groups -OCH3 is 1. The van der Waals surface area contributed by atoms with Gasteiger partial charge in [-0.15, -0.1) is 0 Å². The van der Waals surface area contributed by atoms with Crippen LogP contribution in [-0.2, 0) is 19.1 Å². The van der Waals surface area contributed by atoms with Crippen molar-refractivity contribution >= 4 is 22.5 Å². The van der Waals surface area contributed by atoms with Crippen molar-refractivity contribution in [1.82, 2.24) is 5.32 Å². The third-order valence-electron chi connectivity index (χ3n) is 5.65. The highest BCUT2D eigenvalue weighted by Crippen LogP contribution is 2.44. The summed E-state index contributed by atoms with van der Waals surface area (Å²) >= 11 is 0. The standard InChI is InChI=1S/C24H25NO4/c1-15-21(24(27)29-14-13-28-2)22(23-19(25-15)11-6-12-20(23)26)18-10-5-8-16-7-3-4-9-17(16)18/h3-5,7-10,22,25H,6,11-14H2,1-2H3. The molecule has 2 aliphatic rings. The number of hydrogen-bond donors (Lipinski definition) is 1. The molecule has 0 fully saturated rings. The molecule has 0 bridgehead atoms. The lowest BCUT2D eigenvalue weighted by molar-refractivity contribution is -0.140. The number of dihydropyridines is 1. The minimum absolute atomic E-state index is 0.103. The van der Waals surface area contributed by atoms with Crippen LogP contribution in [-0.4, -0.2) is 32.1 Å². The Kier molecular flexibility index (Phi) is 5.49. The van der Waals surface area contributed by atoms with E-state index in [1.807, 2.05) is 49.4 Å². The first-order valence-corrected chi connectivity index (χ1v) is 9.99. The van der Waals surface area contributed by atoms with Gasteiger partial charge in [0.15, 0.2) is 5.78 Å². The van der Waals surface area contributed by atoms with Gasteiger partial charge in [-0.25, -0.2) is 4.79 Å². The second-order valence-corrected chi connectivity index (χ2v) is 7.46. The van der Waals surface area contributed by atoms with E-state index in [2.05, 4.69) is 5.32 Å². The third-order valence-corrected chi connectivity index (χ3v) is 5.65. The molecule has 2 aromatic carbocycles. The molecule has 1 heterocycles. The number of Topliss-reactive ketones (excluding diaryl/α,β-unsaturated/α-hetero) is 1. The lowest BCUT2D eigenvalue weighted by Crippen LogP contribution is -2.34. The number of carbonyl (C=O) groups is 2. The molecule has 1 N–H and O–H groups in total. The molecule has 5 heteroatoms. The summed E-state index contributed by atoms with van der Waals surface area (Å²) in [5, 5.41) is 5.45. The van der Waals surface area contributed by atoms with Crippen molar-refractivity contribution in [1.29, 1.82) is 0 Å². The van der Waals surface area contributed by atoms with Gasteiger partial charge in [0.05, 0.1) is 12.2 Å². The van der Waals surface area contributed by atoms with E-state index < -0.39 is 11.9 Å². The highest BCUT2D eigenvalue weighted by atomic mass is 16.6. The van der Waals surface area contributed by atoms with Gasteiger partial charge < -0.3 is 14.8 Å². The topological polar surface area (TPSA) is 64.6 Å². The van der Waals surface area contributed by atoms with Crippen LogP contribution in [0, 0.1) is 0 Å². The van der Waals surface area contributed by atoms with Crippen molar-refractivity contribution in [2.45, 2.75) is 32.1 Å². The molecule has 0 radical (unpaired) electrons. The molecule has 0 amide bonds. The molecule has 4 rings (SSSR count). The van der Waals surface area contributed by atoms with Crippen LogP contribution in [0.15, 0.2) is 65.0 Å². The average Bonchev–Trinajstić information content (AvgIpc) is 2.72. The second-order valence-electron chi connectivity index (χ2n) is 7.46. The number of hydrogen-bond acceptors (Lipinski definition) is 5. The normalized spacial score (nSPS) is 19.2. The Morgan fingerprint density at radius 3 is 2.72 bits per heavy atom. The number of benzene rings is 2. The maximum absolute atomic E-state index is 13.1. The molecule has 1 unspecified atom stereocenters. The van der Waals surface area contributed by atoms with Crippen molar-refractivity contribution in [3.63, 3.8) is 0 Å². The monoisotopic (exact) mass is 391 g/mol. The molecule has 0 spiro atoms. The lowest BCUT2D eigenvalue weighted by Gasteiger charge is -2.34. The summed E-state index contributed by atoms with van der Waals surface area (Å²) in [6.07, 6.45) is 2.15. The van der Waals surface area contributed by atoms with Gasteiger partial charge in [-0.05, 0) is 36.1 Å². The highest BCUT2D eigenvalue weighted by Gasteiger charge is 2.39. The van der Waals surface area contributed by atoms with Gasteiger partial charge in [-0.3, -0.25) is 4.79 Å². The van der Waals surface area contributed by atoms with E-state index >= 15 is 0 Å². The Balaban J connectivity index is 1.88. The SMILES string of the molecule is COCCOC(=O)C1=C(C)NC2=C(C(=O)CCC2)C1c1cccc2ccccc12. The van der Waals surface area contributed by atoms with Gasteiger partial charge in [0, 0.05) is 36.4 Å². The van der Waals surface area contributed by atoms with Crippen LogP contribution in [0.5, 0.6) is 0 Å². The molecule has 2 aromatic rings. The number of carbonyl (C=O) groups excluding carboxylic acids is 2. The minimum atomic E-state index is -0.430. The number of fused-ring (bicyclic) bond motifs is 1. The molecule has 29 heavy (non-hydrogen) atoms. The van der Waals surface area contributed by atoms with Crippen LogP contribution < -0.4 is 5.32 Å². The summed E-state index contributed by atoms with van der Waals surface area (Å²) in [5.74, 6) is -0.735. The van der Waals surface area contributed by atoms with Gasteiger partial charge in [0.1, 0.15) is 6.61 Å². The average molecular weight is 391 g/mol. The van der Waals surface area contributed by atoms with Crippen LogP contribution in [0.3, 0.4) is 0 Å². The quantitative estimate of drug-likeness (QED) is 0.617. The number of ketones is 1. The fourth-order valence-electron chi connectivity index (χ4n) is 4.36. The smallest absolute Gasteiger partial charge is 0.336 e. The molecule has 0 aromatic heterocycles. The first-order valence-electron chi connectivity index (χ1n) is 9.99. The molecule has 1 aliphatic heterocycles. The number of rotatable bonds is 5. The Morgan fingerprint density at radius 1 is 1.10 bits per heavy atom. The molecule has 150 valence electrons. The summed E-state index contributed by atoms with van der Waals surface area (Å²) in [6.45, 7) is 2.39. The molecule has 0 saturated heterocycles. The zero-order valence-corrected chi connectivity index (χ0v) is 16.8. The third kappa shape index (κ3) is 3.58.